The van der Waals surface area contributed by atoms with Gasteiger partial charge >= 0.3 is 11.7 Å². The van der Waals surface area contributed by atoms with Gasteiger partial charge in [0.25, 0.3) is 5.91 Å². The summed E-state index contributed by atoms with van der Waals surface area (Å²) in [6.45, 7) is 1.66. The molecule has 1 unspecified atom stereocenters. The van der Waals surface area contributed by atoms with Crippen LogP contribution >= 0.6 is 0 Å². The maximum absolute atomic E-state index is 12.6. The molecule has 2 heterocycles. The first kappa shape index (κ1) is 19.3. The molecule has 1 atom stereocenters. The summed E-state index contributed by atoms with van der Waals surface area (Å²) >= 11 is 0. The lowest BCUT2D eigenvalue weighted by atomic mass is 9.98. The molecule has 1 aliphatic rings. The number of nitrogens with zero attached hydrogens (tertiary/aromatic N) is 5. The van der Waals surface area contributed by atoms with Crippen molar-refractivity contribution in [2.45, 2.75) is 19.8 Å². The average Bonchev–Trinajstić information content (AvgIpc) is 2.88. The molecule has 0 saturated carbocycles. The highest BCUT2D eigenvalue weighted by atomic mass is 16.6. The molecule has 2 rings (SSSR count). The lowest BCUT2D eigenvalue weighted by Crippen LogP contribution is -2.47. The summed E-state index contributed by atoms with van der Waals surface area (Å²) in [7, 11) is 2.79. The Morgan fingerprint density at radius 2 is 2.08 bits per heavy atom. The summed E-state index contributed by atoms with van der Waals surface area (Å²) in [4.78, 5) is 49.1. The molecule has 26 heavy (non-hydrogen) atoms. The van der Waals surface area contributed by atoms with Gasteiger partial charge < -0.3 is 14.9 Å². The number of carbonyl (C=O) groups is 3. The number of carboxylic acids is 1. The van der Waals surface area contributed by atoms with Gasteiger partial charge in [0.05, 0.1) is 17.4 Å². The van der Waals surface area contributed by atoms with E-state index in [9.17, 15) is 24.5 Å². The van der Waals surface area contributed by atoms with E-state index in [0.29, 0.717) is 19.4 Å². The van der Waals surface area contributed by atoms with Gasteiger partial charge in [0, 0.05) is 27.2 Å². The fourth-order valence-corrected chi connectivity index (χ4v) is 3.07. The van der Waals surface area contributed by atoms with Crippen molar-refractivity contribution in [1.82, 2.24) is 19.6 Å². The van der Waals surface area contributed by atoms with Crippen LogP contribution in [0.25, 0.3) is 0 Å². The number of hydrogen-bond donors (Lipinski definition) is 1. The van der Waals surface area contributed by atoms with E-state index in [0.717, 1.165) is 9.58 Å². The number of rotatable bonds is 5. The van der Waals surface area contributed by atoms with E-state index < -0.39 is 28.6 Å². The molecule has 0 aromatic carbocycles. The zero-order chi connectivity index (χ0) is 19.6. The Morgan fingerprint density at radius 1 is 1.42 bits per heavy atom. The molecular formula is C15H21N5O6. The highest BCUT2D eigenvalue weighted by Gasteiger charge is 2.33. The molecule has 0 radical (unpaired) electrons. The number of amides is 2. The smallest absolute Gasteiger partial charge is 0.322 e. The summed E-state index contributed by atoms with van der Waals surface area (Å²) in [6, 6.07) is 0. The van der Waals surface area contributed by atoms with E-state index in [1.807, 2.05) is 0 Å². The van der Waals surface area contributed by atoms with Gasteiger partial charge in [-0.3, -0.25) is 29.2 Å². The molecule has 1 aromatic heterocycles. The minimum Gasteiger partial charge on any atom is -0.481 e. The van der Waals surface area contributed by atoms with E-state index in [1.165, 1.54) is 25.9 Å². The number of aryl methyl sites for hydroxylation is 2. The van der Waals surface area contributed by atoms with E-state index in [-0.39, 0.29) is 30.2 Å². The molecule has 1 aromatic rings. The maximum atomic E-state index is 12.6. The Balaban J connectivity index is 2.11. The van der Waals surface area contributed by atoms with E-state index in [1.54, 1.807) is 0 Å². The van der Waals surface area contributed by atoms with Crippen LogP contribution in [0.5, 0.6) is 0 Å². The van der Waals surface area contributed by atoms with Crippen molar-refractivity contribution in [3.05, 3.63) is 21.5 Å². The number of piperidine rings is 1. The maximum Gasteiger partial charge on any atom is 0.322 e. The van der Waals surface area contributed by atoms with E-state index >= 15 is 0 Å². The quantitative estimate of drug-likeness (QED) is 0.572. The minimum atomic E-state index is -0.951. The molecule has 1 saturated heterocycles. The third kappa shape index (κ3) is 3.81. The van der Waals surface area contributed by atoms with Crippen molar-refractivity contribution >= 4 is 23.5 Å². The molecular weight excluding hydrogens is 346 g/mol. The first-order valence-electron chi connectivity index (χ1n) is 8.07. The summed E-state index contributed by atoms with van der Waals surface area (Å²) in [5.41, 5.74) is -0.480. The van der Waals surface area contributed by atoms with Crippen molar-refractivity contribution in [1.29, 1.82) is 0 Å². The first-order chi connectivity index (χ1) is 12.1. The van der Waals surface area contributed by atoms with Gasteiger partial charge in [-0.2, -0.15) is 5.10 Å². The molecule has 1 aliphatic heterocycles. The SMILES string of the molecule is Cc1nn(C)c(C(=O)N(C)CC(=O)N2CCCC(C(=O)O)C2)c1[N+](=O)[O-]. The topological polar surface area (TPSA) is 139 Å². The molecule has 142 valence electrons. The van der Waals surface area contributed by atoms with Crippen molar-refractivity contribution in [2.24, 2.45) is 13.0 Å². The Kier molecular flexibility index (Phi) is 5.58. The van der Waals surface area contributed by atoms with Crippen molar-refractivity contribution in [3.8, 4) is 0 Å². The number of carboxylic acid groups (broad SMARTS) is 1. The van der Waals surface area contributed by atoms with Crippen LogP contribution in [0.4, 0.5) is 5.69 Å². The van der Waals surface area contributed by atoms with E-state index in [4.69, 9.17) is 5.11 Å². The van der Waals surface area contributed by atoms with Gasteiger partial charge in [0.1, 0.15) is 5.69 Å². The van der Waals surface area contributed by atoms with Crippen molar-refractivity contribution < 1.29 is 24.4 Å². The molecule has 0 spiro atoms. The third-order valence-corrected chi connectivity index (χ3v) is 4.42. The Morgan fingerprint density at radius 3 is 2.65 bits per heavy atom. The number of hydrogen-bond acceptors (Lipinski definition) is 6. The number of likely N-dealkylation sites (N-methyl/N-ethyl adjacent to an activating group) is 1. The number of likely N-dealkylation sites (tertiary alicyclic amines) is 1. The Bertz CT molecular complexity index is 758. The van der Waals surface area contributed by atoms with Crippen LogP contribution in [-0.4, -0.2) is 74.1 Å². The zero-order valence-corrected chi connectivity index (χ0v) is 14.8. The molecule has 1 N–H and O–H groups in total. The zero-order valence-electron chi connectivity index (χ0n) is 14.8. The molecule has 2 amide bonds. The van der Waals surface area contributed by atoms with Gasteiger partial charge in [-0.25, -0.2) is 0 Å². The summed E-state index contributed by atoms with van der Waals surface area (Å²) in [5.74, 6) is -2.66. The Labute approximate surface area is 149 Å². The van der Waals surface area contributed by atoms with Crippen molar-refractivity contribution in [2.75, 3.05) is 26.7 Å². The van der Waals surface area contributed by atoms with Crippen molar-refractivity contribution in [3.63, 3.8) is 0 Å². The molecule has 11 heteroatoms. The molecule has 11 nitrogen and oxygen atoms in total. The van der Waals surface area contributed by atoms with Gasteiger partial charge in [-0.15, -0.1) is 0 Å². The van der Waals surface area contributed by atoms with Gasteiger partial charge in [0.2, 0.25) is 11.6 Å². The third-order valence-electron chi connectivity index (χ3n) is 4.42. The van der Waals surface area contributed by atoms with Crippen LogP contribution in [0.2, 0.25) is 0 Å². The summed E-state index contributed by atoms with van der Waals surface area (Å²) in [6.07, 6.45) is 1.08. The van der Waals surface area contributed by atoms with Gasteiger partial charge in [-0.1, -0.05) is 0 Å². The second-order valence-electron chi connectivity index (χ2n) is 6.34. The monoisotopic (exact) mass is 367 g/mol. The molecule has 0 bridgehead atoms. The van der Waals surface area contributed by atoms with Crippen LogP contribution in [0.1, 0.15) is 29.0 Å². The van der Waals surface area contributed by atoms with Crippen LogP contribution in [0.15, 0.2) is 0 Å². The number of aliphatic carboxylic acids is 1. The lowest BCUT2D eigenvalue weighted by molar-refractivity contribution is -0.385. The number of carbonyl (C=O) groups excluding carboxylic acids is 2. The van der Waals surface area contributed by atoms with Crippen LogP contribution in [-0.2, 0) is 16.6 Å². The van der Waals surface area contributed by atoms with Gasteiger partial charge in [-0.05, 0) is 19.8 Å². The summed E-state index contributed by atoms with van der Waals surface area (Å²) in [5, 5.41) is 24.2. The largest absolute Gasteiger partial charge is 0.481 e. The number of aromatic nitrogens is 2. The van der Waals surface area contributed by atoms with Crippen LogP contribution in [0, 0.1) is 23.0 Å². The average molecular weight is 367 g/mol. The summed E-state index contributed by atoms with van der Waals surface area (Å²) < 4.78 is 1.12. The van der Waals surface area contributed by atoms with E-state index in [2.05, 4.69) is 5.10 Å². The molecule has 1 fully saturated rings. The van der Waals surface area contributed by atoms with Gasteiger partial charge in [0.15, 0.2) is 0 Å². The highest BCUT2D eigenvalue weighted by Crippen LogP contribution is 2.23. The highest BCUT2D eigenvalue weighted by molar-refractivity contribution is 5.98. The normalized spacial score (nSPS) is 17.0. The molecule has 0 aliphatic carbocycles. The standard InChI is InChI=1S/C15H21N5O6/c1-9-12(20(25)26)13(18(3)16-9)14(22)17(2)8-11(21)19-6-4-5-10(7-19)15(23)24/h10H,4-8H2,1-3H3,(H,23,24). The second kappa shape index (κ2) is 7.50. The van der Waals surface area contributed by atoms with Crippen LogP contribution in [0.3, 0.4) is 0 Å². The van der Waals surface area contributed by atoms with Crippen LogP contribution < -0.4 is 0 Å². The number of nitro groups is 1. The minimum absolute atomic E-state index is 0.0984. The predicted octanol–water partition coefficient (Wildman–Crippen LogP) is 0.0319. The fourth-order valence-electron chi connectivity index (χ4n) is 3.07. The Hall–Kier alpha value is -2.98. The lowest BCUT2D eigenvalue weighted by Gasteiger charge is -2.32. The predicted molar refractivity (Wildman–Crippen MR) is 88.5 cm³/mol. The second-order valence-corrected chi connectivity index (χ2v) is 6.34. The first-order valence-corrected chi connectivity index (χ1v) is 8.07. The fraction of sp³-hybridized carbons (Fsp3) is 0.600.